The number of aryl methyl sites for hydroxylation is 1. The van der Waals surface area contributed by atoms with Crippen molar-refractivity contribution in [3.63, 3.8) is 0 Å². The number of carbonyl (C=O) groups is 1. The van der Waals surface area contributed by atoms with Crippen LogP contribution in [0, 0.1) is 5.41 Å². The van der Waals surface area contributed by atoms with E-state index in [0.717, 1.165) is 44.0 Å². The largest absolute Gasteiger partial charge is 0.355 e. The fourth-order valence-corrected chi connectivity index (χ4v) is 4.11. The minimum absolute atomic E-state index is 0.0805. The van der Waals surface area contributed by atoms with Crippen LogP contribution in [0.4, 0.5) is 0 Å². The number of fused-ring (bicyclic) bond motifs is 1. The maximum atomic E-state index is 12.5. The molecule has 0 aliphatic heterocycles. The van der Waals surface area contributed by atoms with E-state index in [-0.39, 0.29) is 17.2 Å². The van der Waals surface area contributed by atoms with E-state index < -0.39 is 0 Å². The van der Waals surface area contributed by atoms with Gasteiger partial charge in [-0.2, -0.15) is 0 Å². The molecular formula is C16H24BrNOS. The van der Waals surface area contributed by atoms with Gasteiger partial charge in [0, 0.05) is 16.8 Å². The zero-order valence-electron chi connectivity index (χ0n) is 12.4. The van der Waals surface area contributed by atoms with Crippen molar-refractivity contribution < 1.29 is 4.79 Å². The highest BCUT2D eigenvalue weighted by Gasteiger charge is 2.28. The molecule has 1 aliphatic rings. The van der Waals surface area contributed by atoms with Crippen LogP contribution in [0.15, 0.2) is 11.4 Å². The Morgan fingerprint density at radius 1 is 1.55 bits per heavy atom. The number of nitrogens with one attached hydrogen (secondary N) is 1. The second kappa shape index (κ2) is 7.08. The molecule has 1 unspecified atom stereocenters. The Bertz CT molecular complexity index is 455. The highest BCUT2D eigenvalue weighted by molar-refractivity contribution is 9.09. The lowest BCUT2D eigenvalue weighted by atomic mass is 9.85. The average molecular weight is 358 g/mol. The van der Waals surface area contributed by atoms with Crippen molar-refractivity contribution in [2.24, 2.45) is 5.41 Å². The summed E-state index contributed by atoms with van der Waals surface area (Å²) < 4.78 is 0. The van der Waals surface area contributed by atoms with E-state index >= 15 is 0 Å². The molecule has 0 fully saturated rings. The third-order valence-corrected chi connectivity index (χ3v) is 5.65. The van der Waals surface area contributed by atoms with Gasteiger partial charge in [-0.25, -0.2) is 0 Å². The van der Waals surface area contributed by atoms with E-state index in [1.165, 1.54) is 10.4 Å². The first-order chi connectivity index (χ1) is 9.53. The molecule has 1 aliphatic carbocycles. The summed E-state index contributed by atoms with van der Waals surface area (Å²) in [4.78, 5) is 13.9. The van der Waals surface area contributed by atoms with Crippen LogP contribution >= 0.6 is 27.3 Å². The van der Waals surface area contributed by atoms with Crippen LogP contribution in [0.25, 0.3) is 0 Å². The first-order valence-electron chi connectivity index (χ1n) is 7.43. The predicted molar refractivity (Wildman–Crippen MR) is 89.8 cm³/mol. The molecule has 1 atom stereocenters. The molecule has 1 heterocycles. The fraction of sp³-hybridized carbons (Fsp3) is 0.688. The third-order valence-electron chi connectivity index (χ3n) is 4.10. The first-order valence-corrected chi connectivity index (χ1v) is 9.43. The fourth-order valence-electron chi connectivity index (χ4n) is 2.84. The predicted octanol–water partition coefficient (Wildman–Crippen LogP) is 4.49. The molecule has 0 saturated heterocycles. The molecule has 20 heavy (non-hydrogen) atoms. The Hall–Kier alpha value is -0.350. The van der Waals surface area contributed by atoms with Gasteiger partial charge in [-0.1, -0.05) is 29.8 Å². The Morgan fingerprint density at radius 2 is 2.35 bits per heavy atom. The molecule has 0 radical (unpaired) electrons. The Morgan fingerprint density at radius 3 is 3.10 bits per heavy atom. The molecule has 4 heteroatoms. The maximum absolute atomic E-state index is 12.5. The van der Waals surface area contributed by atoms with Gasteiger partial charge in [0.2, 0.25) is 5.91 Å². The number of hydrogen-bond donors (Lipinski definition) is 1. The molecule has 2 rings (SSSR count). The van der Waals surface area contributed by atoms with Gasteiger partial charge in [0.1, 0.15) is 0 Å². The molecule has 1 N–H and O–H groups in total. The quantitative estimate of drug-likeness (QED) is 0.746. The summed E-state index contributed by atoms with van der Waals surface area (Å²) in [6.07, 6.45) is 5.57. The van der Waals surface area contributed by atoms with Crippen molar-refractivity contribution in [1.82, 2.24) is 5.32 Å². The Labute approximate surface area is 134 Å². The molecule has 1 amide bonds. The number of amides is 1. The summed E-state index contributed by atoms with van der Waals surface area (Å²) in [5.74, 6) is 0.299. The van der Waals surface area contributed by atoms with Crippen molar-refractivity contribution in [2.75, 3.05) is 11.9 Å². The van der Waals surface area contributed by atoms with E-state index in [4.69, 9.17) is 0 Å². The van der Waals surface area contributed by atoms with Gasteiger partial charge >= 0.3 is 0 Å². The van der Waals surface area contributed by atoms with Gasteiger partial charge in [0.25, 0.3) is 0 Å². The highest BCUT2D eigenvalue weighted by atomic mass is 79.9. The van der Waals surface area contributed by atoms with Crippen LogP contribution in [-0.4, -0.2) is 17.8 Å². The van der Waals surface area contributed by atoms with Crippen molar-refractivity contribution in [1.29, 1.82) is 0 Å². The smallest absolute Gasteiger partial charge is 0.227 e. The second-order valence-electron chi connectivity index (χ2n) is 6.42. The van der Waals surface area contributed by atoms with Gasteiger partial charge in [0.05, 0.1) is 5.92 Å². The maximum Gasteiger partial charge on any atom is 0.227 e. The molecule has 112 valence electrons. The SMILES string of the molecule is CC(C)(CCCBr)CNC(=O)C1CCCc2sccc21. The lowest BCUT2D eigenvalue weighted by molar-refractivity contribution is -0.123. The zero-order chi connectivity index (χ0) is 14.6. The number of carbonyl (C=O) groups excluding carboxylic acids is 1. The summed E-state index contributed by atoms with van der Waals surface area (Å²) in [5.41, 5.74) is 1.45. The topological polar surface area (TPSA) is 29.1 Å². The molecule has 1 aromatic rings. The van der Waals surface area contributed by atoms with Crippen LogP contribution in [0.1, 0.15) is 55.9 Å². The summed E-state index contributed by atoms with van der Waals surface area (Å²) >= 11 is 5.27. The van der Waals surface area contributed by atoms with Gasteiger partial charge in [-0.05, 0) is 54.5 Å². The van der Waals surface area contributed by atoms with E-state index in [2.05, 4.69) is 46.5 Å². The lowest BCUT2D eigenvalue weighted by Crippen LogP contribution is -2.37. The van der Waals surface area contributed by atoms with Crippen LogP contribution in [0.5, 0.6) is 0 Å². The van der Waals surface area contributed by atoms with Crippen molar-refractivity contribution in [3.8, 4) is 0 Å². The number of rotatable bonds is 6. The summed E-state index contributed by atoms with van der Waals surface area (Å²) in [5, 5.41) is 6.34. The zero-order valence-corrected chi connectivity index (χ0v) is 14.8. The Balaban J connectivity index is 1.90. The number of hydrogen-bond acceptors (Lipinski definition) is 2. The van der Waals surface area contributed by atoms with Gasteiger partial charge in [-0.3, -0.25) is 4.79 Å². The monoisotopic (exact) mass is 357 g/mol. The first kappa shape index (κ1) is 16.0. The number of alkyl halides is 1. The minimum Gasteiger partial charge on any atom is -0.355 e. The standard InChI is InChI=1S/C16H24BrNOS/c1-16(2,8-4-9-17)11-18-15(19)13-5-3-6-14-12(13)7-10-20-14/h7,10,13H,3-6,8-9,11H2,1-2H3,(H,18,19). The van der Waals surface area contributed by atoms with Crippen LogP contribution in [0.3, 0.4) is 0 Å². The third kappa shape index (κ3) is 4.08. The highest BCUT2D eigenvalue weighted by Crippen LogP contribution is 2.35. The van der Waals surface area contributed by atoms with E-state index in [1.807, 2.05) is 0 Å². The molecule has 0 bridgehead atoms. The van der Waals surface area contributed by atoms with Crippen LogP contribution in [0.2, 0.25) is 0 Å². The minimum atomic E-state index is 0.0805. The molecule has 0 saturated carbocycles. The molecule has 1 aromatic heterocycles. The van der Waals surface area contributed by atoms with Crippen molar-refractivity contribution >= 4 is 33.2 Å². The van der Waals surface area contributed by atoms with E-state index in [9.17, 15) is 4.79 Å². The molecule has 0 aromatic carbocycles. The molecule has 2 nitrogen and oxygen atoms in total. The van der Waals surface area contributed by atoms with Crippen LogP contribution in [-0.2, 0) is 11.2 Å². The summed E-state index contributed by atoms with van der Waals surface area (Å²) in [7, 11) is 0. The Kier molecular flexibility index (Phi) is 5.67. The average Bonchev–Trinajstić information content (AvgIpc) is 2.91. The van der Waals surface area contributed by atoms with Crippen LogP contribution < -0.4 is 5.32 Å². The van der Waals surface area contributed by atoms with Crippen molar-refractivity contribution in [3.05, 3.63) is 21.9 Å². The number of thiophene rings is 1. The van der Waals surface area contributed by atoms with E-state index in [0.29, 0.717) is 0 Å². The summed E-state index contributed by atoms with van der Waals surface area (Å²) in [6, 6.07) is 2.14. The van der Waals surface area contributed by atoms with Gasteiger partial charge < -0.3 is 5.32 Å². The number of halogens is 1. The normalized spacial score (nSPS) is 18.6. The van der Waals surface area contributed by atoms with Gasteiger partial charge in [-0.15, -0.1) is 11.3 Å². The van der Waals surface area contributed by atoms with Crippen molar-refractivity contribution in [2.45, 2.75) is 51.9 Å². The molecule has 0 spiro atoms. The second-order valence-corrected chi connectivity index (χ2v) is 8.21. The lowest BCUT2D eigenvalue weighted by Gasteiger charge is -2.27. The van der Waals surface area contributed by atoms with Gasteiger partial charge in [0.15, 0.2) is 0 Å². The van der Waals surface area contributed by atoms with E-state index in [1.54, 1.807) is 11.3 Å². The summed E-state index contributed by atoms with van der Waals surface area (Å²) in [6.45, 7) is 5.23. The molecular weight excluding hydrogens is 334 g/mol.